The van der Waals surface area contributed by atoms with E-state index in [4.69, 9.17) is 5.73 Å². The van der Waals surface area contributed by atoms with Gasteiger partial charge in [0, 0.05) is 18.0 Å². The Bertz CT molecular complexity index is 1030. The Morgan fingerprint density at radius 3 is 2.54 bits per heavy atom. The van der Waals surface area contributed by atoms with E-state index >= 15 is 0 Å². The summed E-state index contributed by atoms with van der Waals surface area (Å²) in [5, 5.41) is 2.32. The number of thioether (sulfide) groups is 1. The number of nitrogens with zero attached hydrogens (tertiary/aromatic N) is 2. The van der Waals surface area contributed by atoms with Crippen LogP contribution in [-0.4, -0.2) is 20.7 Å². The fourth-order valence-electron chi connectivity index (χ4n) is 2.64. The molecular weight excluding hydrogens is 373 g/mol. The fourth-order valence-corrected chi connectivity index (χ4v) is 4.63. The number of primary amides is 1. The van der Waals surface area contributed by atoms with Crippen molar-refractivity contribution in [2.45, 2.75) is 24.3 Å². The molecule has 26 heavy (non-hydrogen) atoms. The number of nitrogens with two attached hydrogens (primary N) is 1. The average Bonchev–Trinajstić information content (AvgIpc) is 3.00. The number of amides is 1. The molecule has 8 heteroatoms. The summed E-state index contributed by atoms with van der Waals surface area (Å²) in [6.07, 6.45) is 0. The van der Waals surface area contributed by atoms with Crippen LogP contribution in [0.15, 0.2) is 39.6 Å². The molecule has 1 atom stereocenters. The van der Waals surface area contributed by atoms with Crippen molar-refractivity contribution in [3.63, 3.8) is 0 Å². The van der Waals surface area contributed by atoms with Gasteiger partial charge in [-0.1, -0.05) is 37.7 Å². The lowest BCUT2D eigenvalue weighted by molar-refractivity contribution is -0.118. The highest BCUT2D eigenvalue weighted by Crippen LogP contribution is 2.33. The van der Waals surface area contributed by atoms with Crippen LogP contribution in [0.3, 0.4) is 0 Å². The van der Waals surface area contributed by atoms with E-state index in [0.717, 1.165) is 11.1 Å². The van der Waals surface area contributed by atoms with E-state index in [1.807, 2.05) is 19.2 Å². The molecule has 1 unspecified atom stereocenters. The fraction of sp³-hybridized carbons (Fsp3) is 0.278. The summed E-state index contributed by atoms with van der Waals surface area (Å²) in [5.41, 5.74) is 6.76. The number of hydrogen-bond acceptors (Lipinski definition) is 5. The van der Waals surface area contributed by atoms with Gasteiger partial charge in [0.05, 0.1) is 10.6 Å². The number of aromatic nitrogens is 2. The molecular formula is C18H18FN3O2S2. The predicted molar refractivity (Wildman–Crippen MR) is 104 cm³/mol. The quantitative estimate of drug-likeness (QED) is 0.534. The van der Waals surface area contributed by atoms with Gasteiger partial charge in [-0.15, -0.1) is 11.3 Å². The first-order chi connectivity index (χ1) is 12.3. The lowest BCUT2D eigenvalue weighted by Gasteiger charge is -2.17. The first kappa shape index (κ1) is 18.6. The van der Waals surface area contributed by atoms with Crippen molar-refractivity contribution in [1.29, 1.82) is 0 Å². The SMILES string of the molecule is CC(C)C(Sc1nc2scc(-c3ccc(F)cc3)c2c(=O)n1C)C(N)=O. The molecule has 0 spiro atoms. The zero-order valence-electron chi connectivity index (χ0n) is 14.5. The zero-order valence-corrected chi connectivity index (χ0v) is 16.2. The van der Waals surface area contributed by atoms with Gasteiger partial charge in [0.25, 0.3) is 5.56 Å². The molecule has 0 saturated heterocycles. The second-order valence-corrected chi connectivity index (χ2v) is 8.25. The van der Waals surface area contributed by atoms with E-state index in [2.05, 4.69) is 4.98 Å². The first-order valence-electron chi connectivity index (χ1n) is 7.99. The monoisotopic (exact) mass is 391 g/mol. The van der Waals surface area contributed by atoms with Gasteiger partial charge < -0.3 is 5.73 Å². The molecule has 2 aromatic heterocycles. The van der Waals surface area contributed by atoms with Crippen molar-refractivity contribution < 1.29 is 9.18 Å². The molecule has 3 aromatic rings. The summed E-state index contributed by atoms with van der Waals surface area (Å²) in [5.74, 6) is -0.745. The third-order valence-corrected chi connectivity index (χ3v) is 6.53. The highest BCUT2D eigenvalue weighted by molar-refractivity contribution is 8.00. The van der Waals surface area contributed by atoms with Gasteiger partial charge in [-0.2, -0.15) is 0 Å². The third kappa shape index (κ3) is 3.39. The molecule has 0 aliphatic carbocycles. The topological polar surface area (TPSA) is 78.0 Å². The Hall–Kier alpha value is -2.19. The Morgan fingerprint density at radius 1 is 1.31 bits per heavy atom. The van der Waals surface area contributed by atoms with Crippen LogP contribution in [-0.2, 0) is 11.8 Å². The number of benzene rings is 1. The Morgan fingerprint density at radius 2 is 1.96 bits per heavy atom. The molecule has 0 fully saturated rings. The van der Waals surface area contributed by atoms with Gasteiger partial charge in [0.15, 0.2) is 5.16 Å². The van der Waals surface area contributed by atoms with E-state index in [0.29, 0.717) is 15.4 Å². The van der Waals surface area contributed by atoms with Crippen molar-refractivity contribution in [2.75, 3.05) is 0 Å². The molecule has 1 aromatic carbocycles. The Balaban J connectivity index is 2.11. The number of halogens is 1. The van der Waals surface area contributed by atoms with Crippen LogP contribution in [0.2, 0.25) is 0 Å². The van der Waals surface area contributed by atoms with Crippen LogP contribution in [0.1, 0.15) is 13.8 Å². The lowest BCUT2D eigenvalue weighted by atomic mass is 10.1. The van der Waals surface area contributed by atoms with Gasteiger partial charge in [-0.25, -0.2) is 9.37 Å². The Kier molecular flexibility index (Phi) is 5.15. The molecule has 0 saturated carbocycles. The van der Waals surface area contributed by atoms with Crippen LogP contribution < -0.4 is 11.3 Å². The van der Waals surface area contributed by atoms with E-state index < -0.39 is 11.2 Å². The van der Waals surface area contributed by atoms with Gasteiger partial charge in [0.1, 0.15) is 10.6 Å². The van der Waals surface area contributed by atoms with E-state index in [1.54, 1.807) is 19.2 Å². The van der Waals surface area contributed by atoms with Crippen LogP contribution in [0.4, 0.5) is 4.39 Å². The Labute approximate surface area is 158 Å². The smallest absolute Gasteiger partial charge is 0.263 e. The predicted octanol–water partition coefficient (Wildman–Crippen LogP) is 3.40. The largest absolute Gasteiger partial charge is 0.369 e. The molecule has 2 N–H and O–H groups in total. The summed E-state index contributed by atoms with van der Waals surface area (Å²) in [6.45, 7) is 3.80. The highest BCUT2D eigenvalue weighted by Gasteiger charge is 2.24. The van der Waals surface area contributed by atoms with Crippen LogP contribution in [0.25, 0.3) is 21.3 Å². The van der Waals surface area contributed by atoms with E-state index in [1.165, 1.54) is 39.8 Å². The van der Waals surface area contributed by atoms with Crippen LogP contribution >= 0.6 is 23.1 Å². The van der Waals surface area contributed by atoms with Gasteiger partial charge in [-0.3, -0.25) is 14.2 Å². The minimum absolute atomic E-state index is 0.0169. The summed E-state index contributed by atoms with van der Waals surface area (Å²) < 4.78 is 14.6. The molecule has 5 nitrogen and oxygen atoms in total. The normalized spacial score (nSPS) is 12.7. The summed E-state index contributed by atoms with van der Waals surface area (Å²) in [6, 6.07) is 6.00. The maximum atomic E-state index is 13.2. The van der Waals surface area contributed by atoms with Crippen molar-refractivity contribution in [3.05, 3.63) is 45.8 Å². The minimum atomic E-state index is -0.470. The van der Waals surface area contributed by atoms with Gasteiger partial charge >= 0.3 is 0 Å². The molecule has 0 aliphatic rings. The molecule has 3 rings (SSSR count). The summed E-state index contributed by atoms with van der Waals surface area (Å²) in [7, 11) is 1.63. The maximum Gasteiger partial charge on any atom is 0.263 e. The molecule has 1 amide bonds. The zero-order chi connectivity index (χ0) is 19.0. The highest BCUT2D eigenvalue weighted by atomic mass is 32.2. The van der Waals surface area contributed by atoms with Crippen molar-refractivity contribution >= 4 is 39.2 Å². The number of carbonyl (C=O) groups is 1. The molecule has 0 bridgehead atoms. The summed E-state index contributed by atoms with van der Waals surface area (Å²) in [4.78, 5) is 29.8. The summed E-state index contributed by atoms with van der Waals surface area (Å²) >= 11 is 2.55. The standard InChI is InChI=1S/C18H18FN3O2S2/c1-9(2)14(15(20)23)26-18-21-16-13(17(24)22(18)3)12(8-25-16)10-4-6-11(19)7-5-10/h4-9,14H,1-3H3,(H2,20,23). The molecule has 0 radical (unpaired) electrons. The van der Waals surface area contributed by atoms with Crippen LogP contribution in [0.5, 0.6) is 0 Å². The lowest BCUT2D eigenvalue weighted by Crippen LogP contribution is -2.31. The van der Waals surface area contributed by atoms with Gasteiger partial charge in [-0.05, 0) is 23.6 Å². The van der Waals surface area contributed by atoms with E-state index in [-0.39, 0.29) is 17.3 Å². The number of fused-ring (bicyclic) bond motifs is 1. The molecule has 0 aliphatic heterocycles. The number of hydrogen-bond donors (Lipinski definition) is 1. The number of thiophene rings is 1. The second-order valence-electron chi connectivity index (χ2n) is 6.28. The second kappa shape index (κ2) is 7.20. The average molecular weight is 391 g/mol. The maximum absolute atomic E-state index is 13.2. The molecule has 2 heterocycles. The number of rotatable bonds is 5. The van der Waals surface area contributed by atoms with Crippen molar-refractivity contribution in [1.82, 2.24) is 9.55 Å². The van der Waals surface area contributed by atoms with E-state index in [9.17, 15) is 14.0 Å². The van der Waals surface area contributed by atoms with Crippen molar-refractivity contribution in [2.24, 2.45) is 18.7 Å². The van der Waals surface area contributed by atoms with Crippen molar-refractivity contribution in [3.8, 4) is 11.1 Å². The first-order valence-corrected chi connectivity index (χ1v) is 9.75. The number of carbonyl (C=O) groups excluding carboxylic acids is 1. The molecule has 136 valence electrons. The van der Waals surface area contributed by atoms with Crippen LogP contribution in [0, 0.1) is 11.7 Å². The third-order valence-electron chi connectivity index (χ3n) is 4.05. The van der Waals surface area contributed by atoms with Gasteiger partial charge in [0.2, 0.25) is 5.91 Å². The minimum Gasteiger partial charge on any atom is -0.369 e.